The maximum absolute atomic E-state index is 4.80. The number of imidazole rings is 1. The third kappa shape index (κ3) is 3.32. The van der Waals surface area contributed by atoms with Crippen molar-refractivity contribution in [2.45, 2.75) is 26.2 Å². The molecule has 0 spiro atoms. The number of aromatic nitrogens is 2. The molecule has 0 bridgehead atoms. The number of benzene rings is 7. The minimum absolute atomic E-state index is 0.130. The van der Waals surface area contributed by atoms with Gasteiger partial charge in [0, 0.05) is 11.1 Å². The molecule has 8 aromatic rings. The summed E-state index contributed by atoms with van der Waals surface area (Å²) in [7, 11) is 0. The van der Waals surface area contributed by atoms with Crippen molar-refractivity contribution in [2.24, 2.45) is 0 Å². The SMILES string of the molecule is Cc1nc2ccccc2n1-c1cccc(-c2ccc3c4c(ccc3c2)-c2c(c3ccccc3c3ccccc23)C4(C)C)c1. The van der Waals surface area contributed by atoms with E-state index in [4.69, 9.17) is 4.98 Å². The standard InChI is InChI=1S/C41H30N2/c1-25-42-36-17-8-9-18-37(36)43(25)29-12-10-11-26(24-29)27-19-21-30-28(23-27)20-22-35-38-33-15-6-4-13-31(33)32-14-5-7-16-34(32)40(38)41(2,3)39(30)35/h4-24H,1-3H3. The molecule has 0 N–H and O–H groups in total. The van der Waals surface area contributed by atoms with Gasteiger partial charge in [-0.25, -0.2) is 4.98 Å². The molecule has 0 fully saturated rings. The molecule has 2 nitrogen and oxygen atoms in total. The Balaban J connectivity index is 1.23. The summed E-state index contributed by atoms with van der Waals surface area (Å²) in [6, 6.07) is 46.8. The van der Waals surface area contributed by atoms with E-state index >= 15 is 0 Å². The number of hydrogen-bond donors (Lipinski definition) is 0. The number of nitrogens with zero attached hydrogens (tertiary/aromatic N) is 2. The van der Waals surface area contributed by atoms with E-state index < -0.39 is 0 Å². The maximum Gasteiger partial charge on any atom is 0.111 e. The van der Waals surface area contributed by atoms with E-state index in [1.165, 1.54) is 65.7 Å². The zero-order valence-electron chi connectivity index (χ0n) is 24.5. The lowest BCUT2D eigenvalue weighted by Crippen LogP contribution is -2.16. The van der Waals surface area contributed by atoms with Crippen molar-refractivity contribution in [3.8, 4) is 27.9 Å². The van der Waals surface area contributed by atoms with Crippen LogP contribution in [0.3, 0.4) is 0 Å². The average molecular weight is 551 g/mol. The van der Waals surface area contributed by atoms with E-state index in [2.05, 4.69) is 147 Å². The highest BCUT2D eigenvalue weighted by molar-refractivity contribution is 6.19. The first-order valence-corrected chi connectivity index (χ1v) is 15.1. The van der Waals surface area contributed by atoms with Crippen LogP contribution in [0.15, 0.2) is 127 Å². The van der Waals surface area contributed by atoms with Gasteiger partial charge in [0.1, 0.15) is 5.82 Å². The summed E-state index contributed by atoms with van der Waals surface area (Å²) in [6.07, 6.45) is 0. The van der Waals surface area contributed by atoms with Crippen molar-refractivity contribution in [1.29, 1.82) is 0 Å². The molecule has 7 aromatic carbocycles. The van der Waals surface area contributed by atoms with Gasteiger partial charge in [0.15, 0.2) is 0 Å². The van der Waals surface area contributed by atoms with Gasteiger partial charge in [0.25, 0.3) is 0 Å². The Morgan fingerprint density at radius 1 is 0.558 bits per heavy atom. The number of fused-ring (bicyclic) bond motifs is 11. The summed E-state index contributed by atoms with van der Waals surface area (Å²) < 4.78 is 2.25. The Morgan fingerprint density at radius 2 is 1.26 bits per heavy atom. The fourth-order valence-corrected chi connectivity index (χ4v) is 7.88. The lowest BCUT2D eigenvalue weighted by Gasteiger charge is -2.25. The monoisotopic (exact) mass is 550 g/mol. The predicted molar refractivity (Wildman–Crippen MR) is 181 cm³/mol. The molecule has 0 aliphatic heterocycles. The minimum Gasteiger partial charge on any atom is -0.297 e. The van der Waals surface area contributed by atoms with Crippen molar-refractivity contribution in [3.05, 3.63) is 144 Å². The molecule has 9 rings (SSSR count). The molecule has 0 atom stereocenters. The zero-order chi connectivity index (χ0) is 28.9. The molecular formula is C41H30N2. The van der Waals surface area contributed by atoms with Crippen molar-refractivity contribution >= 4 is 43.4 Å². The summed E-state index contributed by atoms with van der Waals surface area (Å²) in [6.45, 7) is 6.90. The summed E-state index contributed by atoms with van der Waals surface area (Å²) in [4.78, 5) is 4.80. The van der Waals surface area contributed by atoms with E-state index in [9.17, 15) is 0 Å². The lowest BCUT2D eigenvalue weighted by molar-refractivity contribution is 0.672. The number of aryl methyl sites for hydroxylation is 1. The molecule has 0 saturated carbocycles. The van der Waals surface area contributed by atoms with Crippen LogP contribution >= 0.6 is 0 Å². The number of rotatable bonds is 2. The van der Waals surface area contributed by atoms with Gasteiger partial charge in [-0.1, -0.05) is 111 Å². The first kappa shape index (κ1) is 24.4. The maximum atomic E-state index is 4.80. The van der Waals surface area contributed by atoms with E-state index in [1.54, 1.807) is 0 Å². The highest BCUT2D eigenvalue weighted by Crippen LogP contribution is 2.56. The van der Waals surface area contributed by atoms with Gasteiger partial charge in [-0.2, -0.15) is 0 Å². The smallest absolute Gasteiger partial charge is 0.111 e. The molecule has 0 saturated heterocycles. The van der Waals surface area contributed by atoms with E-state index in [0.29, 0.717) is 0 Å². The van der Waals surface area contributed by atoms with Gasteiger partial charge in [-0.05, 0) is 103 Å². The number of para-hydroxylation sites is 2. The van der Waals surface area contributed by atoms with Crippen LogP contribution in [0.25, 0.3) is 71.3 Å². The average Bonchev–Trinajstić information content (AvgIpc) is 3.51. The second kappa shape index (κ2) is 8.65. The second-order valence-corrected chi connectivity index (χ2v) is 12.4. The summed E-state index contributed by atoms with van der Waals surface area (Å²) in [5.74, 6) is 0.995. The Bertz CT molecular complexity index is 2440. The van der Waals surface area contributed by atoms with Crippen LogP contribution in [0.1, 0.15) is 30.8 Å². The van der Waals surface area contributed by atoms with Gasteiger partial charge < -0.3 is 0 Å². The molecule has 0 amide bonds. The van der Waals surface area contributed by atoms with Crippen molar-refractivity contribution in [3.63, 3.8) is 0 Å². The molecule has 204 valence electrons. The largest absolute Gasteiger partial charge is 0.297 e. The fourth-order valence-electron chi connectivity index (χ4n) is 7.88. The second-order valence-electron chi connectivity index (χ2n) is 12.4. The third-order valence-electron chi connectivity index (χ3n) is 9.64. The highest BCUT2D eigenvalue weighted by Gasteiger charge is 2.39. The lowest BCUT2D eigenvalue weighted by atomic mass is 9.77. The molecule has 1 heterocycles. The molecule has 0 unspecified atom stereocenters. The van der Waals surface area contributed by atoms with Crippen LogP contribution in [0.5, 0.6) is 0 Å². The predicted octanol–water partition coefficient (Wildman–Crippen LogP) is 10.8. The van der Waals surface area contributed by atoms with Gasteiger partial charge in [-0.15, -0.1) is 0 Å². The molecule has 1 aliphatic carbocycles. The summed E-state index contributed by atoms with van der Waals surface area (Å²) in [5.41, 5.74) is 11.2. The first-order valence-electron chi connectivity index (χ1n) is 15.1. The van der Waals surface area contributed by atoms with Gasteiger partial charge in [0.2, 0.25) is 0 Å². The Morgan fingerprint density at radius 3 is 2.09 bits per heavy atom. The fraction of sp³-hybridized carbons (Fsp3) is 0.0976. The van der Waals surface area contributed by atoms with Crippen LogP contribution in [-0.2, 0) is 5.41 Å². The molecule has 2 heteroatoms. The molecule has 43 heavy (non-hydrogen) atoms. The third-order valence-corrected chi connectivity index (χ3v) is 9.64. The Hall–Kier alpha value is -5.21. The van der Waals surface area contributed by atoms with Crippen LogP contribution < -0.4 is 0 Å². The highest BCUT2D eigenvalue weighted by atomic mass is 15.1. The summed E-state index contributed by atoms with van der Waals surface area (Å²) >= 11 is 0. The molecule has 1 aliphatic rings. The van der Waals surface area contributed by atoms with Crippen LogP contribution in [-0.4, -0.2) is 9.55 Å². The van der Waals surface area contributed by atoms with E-state index in [0.717, 1.165) is 22.5 Å². The van der Waals surface area contributed by atoms with Gasteiger partial charge >= 0.3 is 0 Å². The van der Waals surface area contributed by atoms with Crippen molar-refractivity contribution in [2.75, 3.05) is 0 Å². The van der Waals surface area contributed by atoms with Crippen LogP contribution in [0.2, 0.25) is 0 Å². The number of hydrogen-bond acceptors (Lipinski definition) is 1. The van der Waals surface area contributed by atoms with Crippen molar-refractivity contribution in [1.82, 2.24) is 9.55 Å². The molecule has 0 radical (unpaired) electrons. The minimum atomic E-state index is -0.130. The van der Waals surface area contributed by atoms with Gasteiger partial charge in [0.05, 0.1) is 11.0 Å². The molecule has 1 aromatic heterocycles. The quantitative estimate of drug-likeness (QED) is 0.196. The van der Waals surface area contributed by atoms with E-state index in [1.807, 2.05) is 6.07 Å². The zero-order valence-corrected chi connectivity index (χ0v) is 24.5. The van der Waals surface area contributed by atoms with E-state index in [-0.39, 0.29) is 5.41 Å². The molecular weight excluding hydrogens is 520 g/mol. The van der Waals surface area contributed by atoms with Crippen molar-refractivity contribution < 1.29 is 0 Å². The van der Waals surface area contributed by atoms with Crippen LogP contribution in [0.4, 0.5) is 0 Å². The normalized spacial score (nSPS) is 13.7. The first-order chi connectivity index (χ1) is 21.0. The Labute approximate surface area is 250 Å². The van der Waals surface area contributed by atoms with Crippen LogP contribution in [0, 0.1) is 6.92 Å². The summed E-state index contributed by atoms with van der Waals surface area (Å²) in [5, 5.41) is 7.99. The topological polar surface area (TPSA) is 17.8 Å². The Kier molecular flexibility index (Phi) is 4.91. The van der Waals surface area contributed by atoms with Gasteiger partial charge in [-0.3, -0.25) is 4.57 Å².